The van der Waals surface area contributed by atoms with Crippen molar-refractivity contribution in [1.29, 1.82) is 0 Å². The van der Waals surface area contributed by atoms with Crippen LogP contribution in [0.25, 0.3) is 10.9 Å². The molecule has 2 unspecified atom stereocenters. The molecule has 0 fully saturated rings. The molecule has 0 saturated heterocycles. The van der Waals surface area contributed by atoms with Crippen molar-refractivity contribution in [2.45, 2.75) is 19.9 Å². The van der Waals surface area contributed by atoms with Gasteiger partial charge < -0.3 is 16.4 Å². The number of aromatic nitrogens is 1. The molecule has 2 rings (SSSR count). The lowest BCUT2D eigenvalue weighted by Crippen LogP contribution is -2.41. The van der Waals surface area contributed by atoms with E-state index < -0.39 is 0 Å². The summed E-state index contributed by atoms with van der Waals surface area (Å²) in [5.41, 5.74) is 7.00. The Balaban J connectivity index is 1.98. The lowest BCUT2D eigenvalue weighted by Gasteiger charge is -2.15. The molecule has 0 aliphatic carbocycles. The first-order chi connectivity index (χ1) is 10.5. The molecule has 22 heavy (non-hydrogen) atoms. The Bertz CT molecular complexity index is 679. The number of hydrogen-bond donors (Lipinski definition) is 3. The Kier molecular flexibility index (Phi) is 5.06. The van der Waals surface area contributed by atoms with Crippen LogP contribution < -0.4 is 16.4 Å². The van der Waals surface area contributed by atoms with Crippen LogP contribution in [0.4, 0.5) is 5.69 Å². The number of nitrogens with two attached hydrogens (primary N) is 1. The third-order valence-electron chi connectivity index (χ3n) is 3.53. The normalized spacial score (nSPS) is 13.4. The van der Waals surface area contributed by atoms with E-state index in [-0.39, 0.29) is 30.3 Å². The van der Waals surface area contributed by atoms with Crippen molar-refractivity contribution in [3.63, 3.8) is 0 Å². The standard InChI is InChI=1S/C16H20N4O2/c1-10(11(2)17)16(22)19-9-14(21)20-13-7-3-5-12-6-4-8-18-15(12)13/h3-8,10-11H,9,17H2,1-2H3,(H,19,22)(H,20,21). The number of hydrogen-bond acceptors (Lipinski definition) is 4. The number of rotatable bonds is 5. The molecule has 1 heterocycles. The van der Waals surface area contributed by atoms with Gasteiger partial charge in [-0.2, -0.15) is 0 Å². The number of nitrogens with one attached hydrogen (secondary N) is 2. The molecule has 2 atom stereocenters. The fraction of sp³-hybridized carbons (Fsp3) is 0.312. The Morgan fingerprint density at radius 3 is 2.68 bits per heavy atom. The molecule has 0 aliphatic heterocycles. The third kappa shape index (κ3) is 3.79. The van der Waals surface area contributed by atoms with Crippen molar-refractivity contribution in [3.8, 4) is 0 Å². The monoisotopic (exact) mass is 300 g/mol. The summed E-state index contributed by atoms with van der Waals surface area (Å²) in [7, 11) is 0. The second-order valence-electron chi connectivity index (χ2n) is 5.29. The van der Waals surface area contributed by atoms with Gasteiger partial charge in [-0.05, 0) is 19.1 Å². The second-order valence-corrected chi connectivity index (χ2v) is 5.29. The summed E-state index contributed by atoms with van der Waals surface area (Å²) >= 11 is 0. The minimum atomic E-state index is -0.341. The van der Waals surface area contributed by atoms with Gasteiger partial charge in [0.25, 0.3) is 0 Å². The van der Waals surface area contributed by atoms with E-state index in [2.05, 4.69) is 15.6 Å². The van der Waals surface area contributed by atoms with Crippen molar-refractivity contribution in [2.24, 2.45) is 11.7 Å². The maximum atomic E-state index is 12.0. The second kappa shape index (κ2) is 7.00. The SMILES string of the molecule is CC(N)C(C)C(=O)NCC(=O)Nc1cccc2cccnc12. The fourth-order valence-corrected chi connectivity index (χ4v) is 1.97. The highest BCUT2D eigenvalue weighted by atomic mass is 16.2. The first kappa shape index (κ1) is 15.9. The summed E-state index contributed by atoms with van der Waals surface area (Å²) in [6, 6.07) is 9.04. The lowest BCUT2D eigenvalue weighted by molar-refractivity contribution is -0.127. The zero-order valence-corrected chi connectivity index (χ0v) is 12.7. The molecular weight excluding hydrogens is 280 g/mol. The van der Waals surface area contributed by atoms with Gasteiger partial charge in [-0.25, -0.2) is 0 Å². The Morgan fingerprint density at radius 1 is 1.23 bits per heavy atom. The Morgan fingerprint density at radius 2 is 1.95 bits per heavy atom. The van der Waals surface area contributed by atoms with Crippen LogP contribution in [0, 0.1) is 5.92 Å². The fourth-order valence-electron chi connectivity index (χ4n) is 1.97. The van der Waals surface area contributed by atoms with Crippen LogP contribution in [0.1, 0.15) is 13.8 Å². The van der Waals surface area contributed by atoms with E-state index in [1.165, 1.54) is 0 Å². The number of carbonyl (C=O) groups is 2. The molecule has 6 heteroatoms. The predicted octanol–water partition coefficient (Wildman–Crippen LogP) is 1.27. The van der Waals surface area contributed by atoms with Gasteiger partial charge in [0.05, 0.1) is 17.7 Å². The summed E-state index contributed by atoms with van der Waals surface area (Å²) in [5.74, 6) is -0.878. The molecule has 0 radical (unpaired) electrons. The van der Waals surface area contributed by atoms with Crippen LogP contribution in [0.5, 0.6) is 0 Å². The van der Waals surface area contributed by atoms with Gasteiger partial charge >= 0.3 is 0 Å². The largest absolute Gasteiger partial charge is 0.347 e. The Labute approximate surface area is 129 Å². The number of benzene rings is 1. The number of amides is 2. The maximum Gasteiger partial charge on any atom is 0.243 e. The zero-order chi connectivity index (χ0) is 16.1. The number of anilines is 1. The molecule has 0 saturated carbocycles. The molecular formula is C16H20N4O2. The van der Waals surface area contributed by atoms with Crippen LogP contribution in [-0.4, -0.2) is 29.4 Å². The van der Waals surface area contributed by atoms with Crippen molar-refractivity contribution in [2.75, 3.05) is 11.9 Å². The van der Waals surface area contributed by atoms with Gasteiger partial charge in [-0.1, -0.05) is 25.1 Å². The smallest absolute Gasteiger partial charge is 0.243 e. The molecule has 2 amide bonds. The maximum absolute atomic E-state index is 12.0. The first-order valence-corrected chi connectivity index (χ1v) is 7.16. The van der Waals surface area contributed by atoms with Crippen molar-refractivity contribution >= 4 is 28.4 Å². The van der Waals surface area contributed by atoms with Crippen LogP contribution in [-0.2, 0) is 9.59 Å². The molecule has 116 valence electrons. The van der Waals surface area contributed by atoms with E-state index in [0.717, 1.165) is 5.39 Å². The molecule has 0 bridgehead atoms. The van der Waals surface area contributed by atoms with Gasteiger partial charge in [0, 0.05) is 23.5 Å². The number of fused-ring (bicyclic) bond motifs is 1. The summed E-state index contributed by atoms with van der Waals surface area (Å²) in [5, 5.41) is 6.28. The molecule has 0 aliphatic rings. The van der Waals surface area contributed by atoms with Gasteiger partial charge in [0.2, 0.25) is 11.8 Å². The highest BCUT2D eigenvalue weighted by Gasteiger charge is 2.17. The van der Waals surface area contributed by atoms with Crippen LogP contribution in [0.15, 0.2) is 36.5 Å². The van der Waals surface area contributed by atoms with Crippen LogP contribution in [0.3, 0.4) is 0 Å². The highest BCUT2D eigenvalue weighted by molar-refractivity contribution is 6.01. The summed E-state index contributed by atoms with van der Waals surface area (Å²) < 4.78 is 0. The third-order valence-corrected chi connectivity index (χ3v) is 3.53. The number of para-hydroxylation sites is 1. The molecule has 0 spiro atoms. The summed E-state index contributed by atoms with van der Waals surface area (Å²) in [6.07, 6.45) is 1.67. The quantitative estimate of drug-likeness (QED) is 0.774. The van der Waals surface area contributed by atoms with E-state index in [0.29, 0.717) is 11.2 Å². The summed E-state index contributed by atoms with van der Waals surface area (Å²) in [6.45, 7) is 3.39. The molecule has 2 aromatic rings. The van der Waals surface area contributed by atoms with Crippen molar-refractivity contribution in [1.82, 2.24) is 10.3 Å². The van der Waals surface area contributed by atoms with Crippen molar-refractivity contribution < 1.29 is 9.59 Å². The molecule has 4 N–H and O–H groups in total. The average Bonchev–Trinajstić information content (AvgIpc) is 2.52. The van der Waals surface area contributed by atoms with Gasteiger partial charge in [-0.3, -0.25) is 14.6 Å². The number of carbonyl (C=O) groups excluding carboxylic acids is 2. The molecule has 1 aromatic heterocycles. The number of nitrogens with zero attached hydrogens (tertiary/aromatic N) is 1. The van der Waals surface area contributed by atoms with Gasteiger partial charge in [-0.15, -0.1) is 0 Å². The van der Waals surface area contributed by atoms with E-state index >= 15 is 0 Å². The Hall–Kier alpha value is -2.47. The topological polar surface area (TPSA) is 97.1 Å². The predicted molar refractivity (Wildman–Crippen MR) is 86.2 cm³/mol. The number of pyridine rings is 1. The lowest BCUT2D eigenvalue weighted by atomic mass is 10.0. The molecule has 1 aromatic carbocycles. The highest BCUT2D eigenvalue weighted by Crippen LogP contribution is 2.20. The minimum absolute atomic E-state index is 0.0981. The van der Waals surface area contributed by atoms with E-state index in [1.54, 1.807) is 26.1 Å². The van der Waals surface area contributed by atoms with Crippen LogP contribution in [0.2, 0.25) is 0 Å². The zero-order valence-electron chi connectivity index (χ0n) is 12.7. The molecule has 6 nitrogen and oxygen atoms in total. The van der Waals surface area contributed by atoms with Crippen LogP contribution >= 0.6 is 0 Å². The van der Waals surface area contributed by atoms with E-state index in [4.69, 9.17) is 5.73 Å². The van der Waals surface area contributed by atoms with Gasteiger partial charge in [0.1, 0.15) is 0 Å². The average molecular weight is 300 g/mol. The summed E-state index contributed by atoms with van der Waals surface area (Å²) in [4.78, 5) is 28.0. The van der Waals surface area contributed by atoms with Gasteiger partial charge in [0.15, 0.2) is 0 Å². The van der Waals surface area contributed by atoms with E-state index in [1.807, 2.05) is 24.3 Å². The first-order valence-electron chi connectivity index (χ1n) is 7.16. The minimum Gasteiger partial charge on any atom is -0.347 e. The van der Waals surface area contributed by atoms with E-state index in [9.17, 15) is 9.59 Å². The van der Waals surface area contributed by atoms with Crippen molar-refractivity contribution in [3.05, 3.63) is 36.5 Å².